The molecular weight excluding hydrogens is 243 g/mol. The number of hydrogen-bond acceptors (Lipinski definition) is 3. The lowest BCUT2D eigenvalue weighted by molar-refractivity contribution is -0.136. The normalized spacial score (nSPS) is 11.9. The monoisotopic (exact) mass is 261 g/mol. The van der Waals surface area contributed by atoms with Crippen LogP contribution in [0.5, 0.6) is 0 Å². The second-order valence-electron chi connectivity index (χ2n) is 4.49. The molecule has 6 heteroatoms. The third-order valence-electron chi connectivity index (χ3n) is 2.67. The van der Waals surface area contributed by atoms with Crippen LogP contribution in [0.25, 0.3) is 0 Å². The summed E-state index contributed by atoms with van der Waals surface area (Å²) in [6.45, 7) is 1.41. The molecule has 0 amide bonds. The van der Waals surface area contributed by atoms with E-state index in [1.54, 1.807) is 18.0 Å². The van der Waals surface area contributed by atoms with Crippen LogP contribution < -0.4 is 10.6 Å². The Hall–Kier alpha value is -1.43. The number of halogens is 3. The highest BCUT2D eigenvalue weighted by Crippen LogP contribution is 2.35. The van der Waals surface area contributed by atoms with Crippen molar-refractivity contribution in [1.29, 1.82) is 0 Å². The molecule has 0 aliphatic carbocycles. The van der Waals surface area contributed by atoms with Crippen LogP contribution in [0.2, 0.25) is 0 Å². The van der Waals surface area contributed by atoms with E-state index in [9.17, 15) is 13.2 Å². The van der Waals surface area contributed by atoms with E-state index in [2.05, 4.69) is 0 Å². The molecule has 0 saturated carbocycles. The number of nitrogen functional groups attached to an aromatic ring is 1. The van der Waals surface area contributed by atoms with E-state index < -0.39 is 11.7 Å². The number of rotatable bonds is 4. The van der Waals surface area contributed by atoms with Crippen molar-refractivity contribution in [1.82, 2.24) is 4.90 Å². The summed E-state index contributed by atoms with van der Waals surface area (Å²) < 4.78 is 38.1. The smallest absolute Gasteiger partial charge is 0.398 e. The summed E-state index contributed by atoms with van der Waals surface area (Å²) in [6.07, 6.45) is -4.41. The number of likely N-dealkylation sites (N-methyl/N-ethyl adjacent to an activating group) is 2. The first-order valence-electron chi connectivity index (χ1n) is 5.54. The van der Waals surface area contributed by atoms with Gasteiger partial charge in [-0.05, 0) is 32.3 Å². The molecule has 0 aliphatic rings. The van der Waals surface area contributed by atoms with Gasteiger partial charge in [0.25, 0.3) is 0 Å². The molecule has 2 N–H and O–H groups in total. The Morgan fingerprint density at radius 3 is 2.22 bits per heavy atom. The van der Waals surface area contributed by atoms with Gasteiger partial charge in [-0.1, -0.05) is 0 Å². The van der Waals surface area contributed by atoms with Crippen molar-refractivity contribution in [2.45, 2.75) is 6.18 Å². The first-order valence-corrected chi connectivity index (χ1v) is 5.54. The Labute approximate surface area is 105 Å². The lowest BCUT2D eigenvalue weighted by atomic mass is 10.1. The maximum atomic E-state index is 12.7. The SMILES string of the molecule is CN(C)CCN(C)c1ccc(N)c(C(F)(F)F)c1. The van der Waals surface area contributed by atoms with Crippen LogP contribution in [0, 0.1) is 0 Å². The molecule has 0 bridgehead atoms. The van der Waals surface area contributed by atoms with Crippen molar-refractivity contribution in [3.8, 4) is 0 Å². The van der Waals surface area contributed by atoms with Crippen LogP contribution in [0.1, 0.15) is 5.56 Å². The van der Waals surface area contributed by atoms with E-state index in [-0.39, 0.29) is 5.69 Å². The summed E-state index contributed by atoms with van der Waals surface area (Å²) in [6, 6.07) is 3.98. The lowest BCUT2D eigenvalue weighted by Gasteiger charge is -2.23. The molecule has 0 aromatic heterocycles. The van der Waals surface area contributed by atoms with Crippen LogP contribution >= 0.6 is 0 Å². The van der Waals surface area contributed by atoms with E-state index >= 15 is 0 Å². The highest BCUT2D eigenvalue weighted by Gasteiger charge is 2.33. The summed E-state index contributed by atoms with van der Waals surface area (Å²) in [4.78, 5) is 3.74. The van der Waals surface area contributed by atoms with Crippen LogP contribution in [0.3, 0.4) is 0 Å². The molecule has 1 aromatic rings. The molecule has 1 rings (SSSR count). The van der Waals surface area contributed by atoms with Gasteiger partial charge >= 0.3 is 6.18 Å². The van der Waals surface area contributed by atoms with Crippen molar-refractivity contribution in [2.24, 2.45) is 0 Å². The maximum Gasteiger partial charge on any atom is 0.418 e. The van der Waals surface area contributed by atoms with E-state index in [0.717, 1.165) is 12.6 Å². The van der Waals surface area contributed by atoms with Crippen LogP contribution in [-0.2, 0) is 6.18 Å². The quantitative estimate of drug-likeness (QED) is 0.844. The molecule has 0 saturated heterocycles. The molecule has 1 aromatic carbocycles. The third kappa shape index (κ3) is 3.80. The van der Waals surface area contributed by atoms with Gasteiger partial charge in [0.15, 0.2) is 0 Å². The summed E-state index contributed by atoms with van der Waals surface area (Å²) in [5.41, 5.74) is 4.84. The van der Waals surface area contributed by atoms with Gasteiger partial charge < -0.3 is 15.5 Å². The van der Waals surface area contributed by atoms with E-state index in [1.807, 2.05) is 19.0 Å². The zero-order chi connectivity index (χ0) is 13.9. The second kappa shape index (κ2) is 5.48. The highest BCUT2D eigenvalue weighted by atomic mass is 19.4. The van der Waals surface area contributed by atoms with Gasteiger partial charge in [0.05, 0.1) is 5.56 Å². The van der Waals surface area contributed by atoms with E-state index in [4.69, 9.17) is 5.73 Å². The van der Waals surface area contributed by atoms with Gasteiger partial charge in [-0.25, -0.2) is 0 Å². The second-order valence-corrected chi connectivity index (χ2v) is 4.49. The Morgan fingerprint density at radius 2 is 1.72 bits per heavy atom. The number of nitrogens with zero attached hydrogens (tertiary/aromatic N) is 2. The minimum atomic E-state index is -4.41. The molecule has 0 spiro atoms. The fourth-order valence-electron chi connectivity index (χ4n) is 1.51. The zero-order valence-electron chi connectivity index (χ0n) is 10.8. The molecule has 18 heavy (non-hydrogen) atoms. The van der Waals surface area contributed by atoms with Gasteiger partial charge in [0.1, 0.15) is 0 Å². The van der Waals surface area contributed by atoms with Crippen LogP contribution in [0.15, 0.2) is 18.2 Å². The topological polar surface area (TPSA) is 32.5 Å². The summed E-state index contributed by atoms with van der Waals surface area (Å²) in [5.74, 6) is 0. The van der Waals surface area contributed by atoms with Crippen molar-refractivity contribution >= 4 is 11.4 Å². The Kier molecular flexibility index (Phi) is 4.45. The lowest BCUT2D eigenvalue weighted by Crippen LogP contribution is -2.28. The molecule has 3 nitrogen and oxygen atoms in total. The number of hydrogen-bond donors (Lipinski definition) is 1. The summed E-state index contributed by atoms with van der Waals surface area (Å²) in [7, 11) is 5.59. The molecule has 0 aliphatic heterocycles. The fourth-order valence-corrected chi connectivity index (χ4v) is 1.51. The highest BCUT2D eigenvalue weighted by molar-refractivity contribution is 5.59. The Bertz CT molecular complexity index is 402. The van der Waals surface area contributed by atoms with E-state index in [1.165, 1.54) is 6.07 Å². The summed E-state index contributed by atoms with van der Waals surface area (Å²) in [5, 5.41) is 0. The number of alkyl halides is 3. The number of anilines is 2. The molecule has 0 atom stereocenters. The molecule has 0 unspecified atom stereocenters. The van der Waals surface area contributed by atoms with Crippen molar-refractivity contribution in [2.75, 3.05) is 44.9 Å². The first kappa shape index (κ1) is 14.6. The molecule has 0 radical (unpaired) electrons. The predicted molar refractivity (Wildman–Crippen MR) is 67.7 cm³/mol. The molecule has 0 fully saturated rings. The predicted octanol–water partition coefficient (Wildman–Crippen LogP) is 2.29. The van der Waals surface area contributed by atoms with Gasteiger partial charge in [-0.3, -0.25) is 0 Å². The maximum absolute atomic E-state index is 12.7. The molecule has 0 heterocycles. The Balaban J connectivity index is 2.91. The van der Waals surface area contributed by atoms with Crippen molar-refractivity contribution in [3.63, 3.8) is 0 Å². The average Bonchev–Trinajstić information content (AvgIpc) is 2.24. The van der Waals surface area contributed by atoms with Crippen LogP contribution in [0.4, 0.5) is 24.5 Å². The van der Waals surface area contributed by atoms with Gasteiger partial charge in [0, 0.05) is 31.5 Å². The first-order chi connectivity index (χ1) is 8.21. The number of benzene rings is 1. The average molecular weight is 261 g/mol. The van der Waals surface area contributed by atoms with Crippen molar-refractivity contribution < 1.29 is 13.2 Å². The largest absolute Gasteiger partial charge is 0.418 e. The van der Waals surface area contributed by atoms with E-state index in [0.29, 0.717) is 12.2 Å². The fraction of sp³-hybridized carbons (Fsp3) is 0.500. The van der Waals surface area contributed by atoms with Gasteiger partial charge in [-0.15, -0.1) is 0 Å². The standard InChI is InChI=1S/C12H18F3N3/c1-17(2)6-7-18(3)9-4-5-11(16)10(8-9)12(13,14)15/h4-5,8H,6-7,16H2,1-3H3. The molecule has 102 valence electrons. The minimum Gasteiger partial charge on any atom is -0.398 e. The molecular formula is C12H18F3N3. The van der Waals surface area contributed by atoms with Crippen molar-refractivity contribution in [3.05, 3.63) is 23.8 Å². The van der Waals surface area contributed by atoms with Crippen LogP contribution in [-0.4, -0.2) is 39.1 Å². The minimum absolute atomic E-state index is 0.243. The Morgan fingerprint density at radius 1 is 1.11 bits per heavy atom. The van der Waals surface area contributed by atoms with Gasteiger partial charge in [-0.2, -0.15) is 13.2 Å². The van der Waals surface area contributed by atoms with Gasteiger partial charge in [0.2, 0.25) is 0 Å². The zero-order valence-corrected chi connectivity index (χ0v) is 10.8. The third-order valence-corrected chi connectivity index (χ3v) is 2.67. The number of nitrogens with two attached hydrogens (primary N) is 1. The summed E-state index contributed by atoms with van der Waals surface area (Å²) >= 11 is 0.